The van der Waals surface area contributed by atoms with E-state index in [9.17, 15) is 4.79 Å². The molecular formula is C12H14N4O4. The summed E-state index contributed by atoms with van der Waals surface area (Å²) in [5, 5.41) is 16.6. The summed E-state index contributed by atoms with van der Waals surface area (Å²) in [6.45, 7) is 2.30. The number of fused-ring (bicyclic) bond motifs is 1. The second-order valence-electron chi connectivity index (χ2n) is 4.71. The first kappa shape index (κ1) is 12.8. The number of nitrogens with zero attached hydrogens (tertiary/aromatic N) is 3. The molecule has 2 aromatic rings. The number of carboxylic acids is 1. The molecule has 1 saturated heterocycles. The van der Waals surface area contributed by atoms with Gasteiger partial charge in [-0.15, -0.1) is 0 Å². The number of anilines is 1. The Kier molecular flexibility index (Phi) is 3.23. The van der Waals surface area contributed by atoms with Crippen molar-refractivity contribution >= 4 is 22.9 Å². The van der Waals surface area contributed by atoms with Gasteiger partial charge >= 0.3 is 5.97 Å². The lowest BCUT2D eigenvalue weighted by atomic mass is 10.2. The molecule has 1 aliphatic heterocycles. The van der Waals surface area contributed by atoms with Crippen LogP contribution in [0.3, 0.4) is 0 Å². The number of hydrogen-bond acceptors (Lipinski definition) is 7. The molecule has 0 amide bonds. The molecule has 0 saturated carbocycles. The standard InChI is InChI=1S/C12H14N4O4/c1-6-9-10(14-5-15-11(9)20-16-6)13-4-7-2-3-8(19-7)12(17)18/h5,7-8H,2-4H2,1H3,(H,17,18)(H,13,14,15). The van der Waals surface area contributed by atoms with E-state index in [0.717, 1.165) is 5.39 Å². The zero-order chi connectivity index (χ0) is 14.1. The fourth-order valence-electron chi connectivity index (χ4n) is 2.30. The minimum Gasteiger partial charge on any atom is -0.479 e. The largest absolute Gasteiger partial charge is 0.479 e. The molecule has 3 rings (SSSR count). The van der Waals surface area contributed by atoms with Gasteiger partial charge in [-0.25, -0.2) is 9.78 Å². The van der Waals surface area contributed by atoms with Crippen LogP contribution in [0.2, 0.25) is 0 Å². The molecule has 0 bridgehead atoms. The monoisotopic (exact) mass is 278 g/mol. The van der Waals surface area contributed by atoms with Gasteiger partial charge in [-0.05, 0) is 19.8 Å². The summed E-state index contributed by atoms with van der Waals surface area (Å²) < 4.78 is 10.5. The van der Waals surface area contributed by atoms with Gasteiger partial charge in [-0.2, -0.15) is 4.98 Å². The summed E-state index contributed by atoms with van der Waals surface area (Å²) in [6, 6.07) is 0. The van der Waals surface area contributed by atoms with Crippen LogP contribution in [0.1, 0.15) is 18.5 Å². The van der Waals surface area contributed by atoms with Crippen molar-refractivity contribution in [2.45, 2.75) is 32.0 Å². The Labute approximate surface area is 114 Å². The van der Waals surface area contributed by atoms with E-state index in [4.69, 9.17) is 14.4 Å². The Morgan fingerprint density at radius 3 is 3.10 bits per heavy atom. The Balaban J connectivity index is 1.69. The Morgan fingerprint density at radius 1 is 1.50 bits per heavy atom. The quantitative estimate of drug-likeness (QED) is 0.851. The average molecular weight is 278 g/mol. The molecule has 0 aliphatic carbocycles. The van der Waals surface area contributed by atoms with Crippen molar-refractivity contribution < 1.29 is 19.2 Å². The summed E-state index contributed by atoms with van der Waals surface area (Å²) in [7, 11) is 0. The van der Waals surface area contributed by atoms with Crippen LogP contribution in [-0.2, 0) is 9.53 Å². The van der Waals surface area contributed by atoms with Crippen molar-refractivity contribution in [1.82, 2.24) is 15.1 Å². The van der Waals surface area contributed by atoms with Crippen LogP contribution in [0, 0.1) is 6.92 Å². The summed E-state index contributed by atoms with van der Waals surface area (Å²) in [4.78, 5) is 19.0. The molecule has 0 spiro atoms. The van der Waals surface area contributed by atoms with Gasteiger partial charge in [-0.1, -0.05) is 5.16 Å². The van der Waals surface area contributed by atoms with E-state index < -0.39 is 12.1 Å². The highest BCUT2D eigenvalue weighted by atomic mass is 16.5. The lowest BCUT2D eigenvalue weighted by Gasteiger charge is -2.12. The summed E-state index contributed by atoms with van der Waals surface area (Å²) in [5.74, 6) is -0.289. The van der Waals surface area contributed by atoms with Crippen molar-refractivity contribution in [3.8, 4) is 0 Å². The van der Waals surface area contributed by atoms with Crippen LogP contribution in [0.4, 0.5) is 5.82 Å². The highest BCUT2D eigenvalue weighted by Crippen LogP contribution is 2.24. The smallest absolute Gasteiger partial charge is 0.332 e. The Morgan fingerprint density at radius 2 is 2.35 bits per heavy atom. The molecule has 2 atom stereocenters. The lowest BCUT2D eigenvalue weighted by Crippen LogP contribution is -2.24. The molecule has 0 aromatic carbocycles. The molecule has 1 fully saturated rings. The lowest BCUT2D eigenvalue weighted by molar-refractivity contribution is -0.149. The second-order valence-corrected chi connectivity index (χ2v) is 4.71. The molecule has 2 aromatic heterocycles. The molecule has 2 unspecified atom stereocenters. The molecule has 1 aliphatic rings. The third-order valence-corrected chi connectivity index (χ3v) is 3.32. The van der Waals surface area contributed by atoms with Crippen LogP contribution in [0.5, 0.6) is 0 Å². The summed E-state index contributed by atoms with van der Waals surface area (Å²) in [6.07, 6.45) is 1.80. The summed E-state index contributed by atoms with van der Waals surface area (Å²) >= 11 is 0. The van der Waals surface area contributed by atoms with Gasteiger partial charge in [0.15, 0.2) is 6.10 Å². The summed E-state index contributed by atoms with van der Waals surface area (Å²) in [5.41, 5.74) is 1.13. The fraction of sp³-hybridized carbons (Fsp3) is 0.500. The van der Waals surface area contributed by atoms with E-state index in [1.165, 1.54) is 6.33 Å². The highest BCUT2D eigenvalue weighted by Gasteiger charge is 2.30. The molecule has 8 nitrogen and oxygen atoms in total. The fourth-order valence-corrected chi connectivity index (χ4v) is 2.30. The molecule has 20 heavy (non-hydrogen) atoms. The van der Waals surface area contributed by atoms with Gasteiger partial charge in [0, 0.05) is 6.54 Å². The van der Waals surface area contributed by atoms with Crippen molar-refractivity contribution in [2.75, 3.05) is 11.9 Å². The number of rotatable bonds is 4. The van der Waals surface area contributed by atoms with Crippen LogP contribution >= 0.6 is 0 Å². The first-order chi connectivity index (χ1) is 9.65. The Bertz CT molecular complexity index is 641. The molecule has 0 radical (unpaired) electrons. The minimum absolute atomic E-state index is 0.138. The van der Waals surface area contributed by atoms with E-state index in [1.54, 1.807) is 0 Å². The van der Waals surface area contributed by atoms with Crippen molar-refractivity contribution in [3.63, 3.8) is 0 Å². The van der Waals surface area contributed by atoms with Gasteiger partial charge in [0.2, 0.25) is 0 Å². The maximum atomic E-state index is 10.8. The molecule has 8 heteroatoms. The third kappa shape index (κ3) is 2.29. The van der Waals surface area contributed by atoms with Crippen LogP contribution < -0.4 is 5.32 Å². The van der Waals surface area contributed by atoms with Crippen molar-refractivity contribution in [1.29, 1.82) is 0 Å². The number of carbonyl (C=O) groups is 1. The van der Waals surface area contributed by atoms with E-state index in [1.807, 2.05) is 6.92 Å². The highest BCUT2D eigenvalue weighted by molar-refractivity contribution is 5.87. The van der Waals surface area contributed by atoms with Gasteiger partial charge in [0.1, 0.15) is 17.5 Å². The molecule has 106 valence electrons. The maximum absolute atomic E-state index is 10.8. The van der Waals surface area contributed by atoms with E-state index >= 15 is 0 Å². The first-order valence-electron chi connectivity index (χ1n) is 6.34. The zero-order valence-electron chi connectivity index (χ0n) is 10.9. The number of carboxylic acid groups (broad SMARTS) is 1. The second kappa shape index (κ2) is 5.04. The van der Waals surface area contributed by atoms with E-state index in [-0.39, 0.29) is 6.10 Å². The van der Waals surface area contributed by atoms with Crippen LogP contribution in [0.25, 0.3) is 11.1 Å². The first-order valence-corrected chi connectivity index (χ1v) is 6.34. The number of hydrogen-bond donors (Lipinski definition) is 2. The average Bonchev–Trinajstić information content (AvgIpc) is 3.04. The minimum atomic E-state index is -0.910. The maximum Gasteiger partial charge on any atom is 0.332 e. The molecule has 3 heterocycles. The number of ether oxygens (including phenoxy) is 1. The van der Waals surface area contributed by atoms with E-state index in [0.29, 0.717) is 36.6 Å². The van der Waals surface area contributed by atoms with Gasteiger partial charge in [0.25, 0.3) is 5.71 Å². The zero-order valence-corrected chi connectivity index (χ0v) is 10.9. The van der Waals surface area contributed by atoms with Gasteiger partial charge in [0.05, 0.1) is 11.8 Å². The number of nitrogens with one attached hydrogen (secondary N) is 1. The SMILES string of the molecule is Cc1noc2ncnc(NCC3CCC(C(=O)O)O3)c12. The topological polar surface area (TPSA) is 110 Å². The molecule has 2 N–H and O–H groups in total. The van der Waals surface area contributed by atoms with Crippen molar-refractivity contribution in [2.24, 2.45) is 0 Å². The van der Waals surface area contributed by atoms with Crippen LogP contribution in [0.15, 0.2) is 10.9 Å². The van der Waals surface area contributed by atoms with Gasteiger partial charge < -0.3 is 19.7 Å². The third-order valence-electron chi connectivity index (χ3n) is 3.32. The molecular weight excluding hydrogens is 264 g/mol. The number of aliphatic carboxylic acids is 1. The number of aryl methyl sites for hydroxylation is 1. The van der Waals surface area contributed by atoms with Gasteiger partial charge in [-0.3, -0.25) is 0 Å². The van der Waals surface area contributed by atoms with E-state index in [2.05, 4.69) is 20.4 Å². The predicted molar refractivity (Wildman–Crippen MR) is 68.4 cm³/mol. The van der Waals surface area contributed by atoms with Crippen LogP contribution in [-0.4, -0.2) is 45.0 Å². The van der Waals surface area contributed by atoms with Crippen molar-refractivity contribution in [3.05, 3.63) is 12.0 Å². The normalized spacial score (nSPS) is 22.2. The Hall–Kier alpha value is -2.22. The predicted octanol–water partition coefficient (Wildman–Crippen LogP) is 0.970. The number of aromatic nitrogens is 3.